The van der Waals surface area contributed by atoms with Crippen molar-refractivity contribution in [3.63, 3.8) is 0 Å². The zero-order chi connectivity index (χ0) is 21.2. The molecule has 0 radical (unpaired) electrons. The molecule has 160 valence electrons. The molecular formula is C30H29NO. The van der Waals surface area contributed by atoms with Crippen molar-refractivity contribution in [3.05, 3.63) is 72.8 Å². The van der Waals surface area contributed by atoms with E-state index in [2.05, 4.69) is 66.0 Å². The van der Waals surface area contributed by atoms with Crippen molar-refractivity contribution in [3.8, 4) is 16.9 Å². The van der Waals surface area contributed by atoms with Gasteiger partial charge in [-0.1, -0.05) is 60.7 Å². The summed E-state index contributed by atoms with van der Waals surface area (Å²) in [7, 11) is 0. The van der Waals surface area contributed by atoms with Gasteiger partial charge in [-0.25, -0.2) is 0 Å². The minimum absolute atomic E-state index is 0.355. The Morgan fingerprint density at radius 1 is 0.594 bits per heavy atom. The molecule has 4 aliphatic rings. The summed E-state index contributed by atoms with van der Waals surface area (Å²) in [6, 6.07) is 25.9. The Bertz CT molecular complexity index is 1310. The molecule has 0 heterocycles. The lowest BCUT2D eigenvalue weighted by Crippen LogP contribution is -2.51. The van der Waals surface area contributed by atoms with E-state index in [9.17, 15) is 5.11 Å². The molecule has 2 nitrogen and oxygen atoms in total. The fourth-order valence-electron chi connectivity index (χ4n) is 7.52. The highest BCUT2D eigenvalue weighted by Crippen LogP contribution is 2.55. The Balaban J connectivity index is 1.43. The van der Waals surface area contributed by atoms with E-state index in [0.29, 0.717) is 11.8 Å². The summed E-state index contributed by atoms with van der Waals surface area (Å²) in [5.41, 5.74) is 3.27. The van der Waals surface area contributed by atoms with E-state index in [-0.39, 0.29) is 0 Å². The van der Waals surface area contributed by atoms with Crippen LogP contribution in [0, 0.1) is 23.7 Å². The average Bonchev–Trinajstić information content (AvgIpc) is 2.81. The molecule has 0 aromatic heterocycles. The maximum absolute atomic E-state index is 11.1. The van der Waals surface area contributed by atoms with Gasteiger partial charge >= 0.3 is 0 Å². The lowest BCUT2D eigenvalue weighted by molar-refractivity contribution is 0.00756. The van der Waals surface area contributed by atoms with Crippen LogP contribution in [0.3, 0.4) is 0 Å². The summed E-state index contributed by atoms with van der Waals surface area (Å²) in [4.78, 5) is 0. The minimum atomic E-state index is 0.355. The van der Waals surface area contributed by atoms with E-state index in [1.54, 1.807) is 0 Å². The molecule has 32 heavy (non-hydrogen) atoms. The summed E-state index contributed by atoms with van der Waals surface area (Å²) in [6.45, 7) is 0. The van der Waals surface area contributed by atoms with E-state index < -0.39 is 0 Å². The van der Waals surface area contributed by atoms with Crippen molar-refractivity contribution < 1.29 is 5.11 Å². The van der Waals surface area contributed by atoms with Crippen molar-refractivity contribution in [1.29, 1.82) is 0 Å². The molecule has 4 fully saturated rings. The van der Waals surface area contributed by atoms with Crippen LogP contribution >= 0.6 is 0 Å². The largest absolute Gasteiger partial charge is 0.507 e. The van der Waals surface area contributed by atoms with Crippen molar-refractivity contribution in [2.75, 3.05) is 5.32 Å². The van der Waals surface area contributed by atoms with E-state index in [0.717, 1.165) is 45.6 Å². The third-order valence-electron chi connectivity index (χ3n) is 8.63. The van der Waals surface area contributed by atoms with E-state index in [1.807, 2.05) is 12.1 Å². The number of fused-ring (bicyclic) bond motifs is 2. The highest BCUT2D eigenvalue weighted by Gasteiger charge is 2.48. The zero-order valence-corrected chi connectivity index (χ0v) is 18.3. The highest BCUT2D eigenvalue weighted by atomic mass is 16.3. The second-order valence-corrected chi connectivity index (χ2v) is 10.5. The van der Waals surface area contributed by atoms with E-state index >= 15 is 0 Å². The Hall–Kier alpha value is -3.00. The Morgan fingerprint density at radius 3 is 1.81 bits per heavy atom. The fraction of sp³-hybridized carbons (Fsp3) is 0.333. The van der Waals surface area contributed by atoms with Crippen LogP contribution in [0.15, 0.2) is 72.8 Å². The Morgan fingerprint density at radius 2 is 1.16 bits per heavy atom. The fourth-order valence-corrected chi connectivity index (χ4v) is 7.52. The molecule has 4 aromatic rings. The van der Waals surface area contributed by atoms with Gasteiger partial charge in [-0.3, -0.25) is 0 Å². The molecule has 2 heteroatoms. The van der Waals surface area contributed by atoms with Crippen LogP contribution in [0.25, 0.3) is 32.7 Å². The van der Waals surface area contributed by atoms with Crippen LogP contribution in [0.4, 0.5) is 5.69 Å². The molecule has 8 rings (SSSR count). The minimum Gasteiger partial charge on any atom is -0.507 e. The third kappa shape index (κ3) is 2.78. The number of rotatable bonds is 3. The molecule has 0 aliphatic heterocycles. The first kappa shape index (κ1) is 18.6. The summed E-state index contributed by atoms with van der Waals surface area (Å²) in [6.07, 6.45) is 7.06. The molecule has 0 saturated heterocycles. The Kier molecular flexibility index (Phi) is 4.06. The SMILES string of the molecule is Oc1ccc2ccccc2c1-c1c(NC2C3CC4CC(C3)CC2C4)ccc2ccccc12. The van der Waals surface area contributed by atoms with E-state index in [4.69, 9.17) is 0 Å². The topological polar surface area (TPSA) is 32.3 Å². The summed E-state index contributed by atoms with van der Waals surface area (Å²) in [5, 5.41) is 19.9. The van der Waals surface area contributed by atoms with Crippen LogP contribution in [-0.2, 0) is 0 Å². The van der Waals surface area contributed by atoms with Gasteiger partial charge in [0, 0.05) is 22.9 Å². The van der Waals surface area contributed by atoms with Crippen molar-refractivity contribution in [1.82, 2.24) is 0 Å². The summed E-state index contributed by atoms with van der Waals surface area (Å²) < 4.78 is 0. The number of phenols is 1. The number of phenolic OH excluding ortho intramolecular Hbond substituents is 1. The van der Waals surface area contributed by atoms with Crippen LogP contribution in [0.2, 0.25) is 0 Å². The zero-order valence-electron chi connectivity index (χ0n) is 18.3. The first-order valence-electron chi connectivity index (χ1n) is 12.2. The van der Waals surface area contributed by atoms with Crippen molar-refractivity contribution in [2.45, 2.75) is 38.1 Å². The molecule has 0 atom stereocenters. The van der Waals surface area contributed by atoms with Gasteiger partial charge in [0.25, 0.3) is 0 Å². The number of nitrogens with one attached hydrogen (secondary N) is 1. The lowest BCUT2D eigenvalue weighted by atomic mass is 9.54. The molecule has 0 amide bonds. The predicted molar refractivity (Wildman–Crippen MR) is 133 cm³/mol. The Labute approximate surface area is 189 Å². The first-order chi connectivity index (χ1) is 15.7. The quantitative estimate of drug-likeness (QED) is 0.358. The van der Waals surface area contributed by atoms with Gasteiger partial charge in [0.1, 0.15) is 5.75 Å². The molecule has 2 N–H and O–H groups in total. The predicted octanol–water partition coefficient (Wildman–Crippen LogP) is 7.60. The number of hydrogen-bond acceptors (Lipinski definition) is 2. The smallest absolute Gasteiger partial charge is 0.124 e. The highest BCUT2D eigenvalue weighted by molar-refractivity contribution is 6.11. The summed E-state index contributed by atoms with van der Waals surface area (Å²) in [5.74, 6) is 3.88. The second kappa shape index (κ2) is 7.00. The molecular weight excluding hydrogens is 390 g/mol. The molecule has 0 unspecified atom stereocenters. The van der Waals surface area contributed by atoms with Gasteiger partial charge in [0.05, 0.1) is 0 Å². The van der Waals surface area contributed by atoms with Gasteiger partial charge in [0.15, 0.2) is 0 Å². The van der Waals surface area contributed by atoms with E-state index in [1.165, 1.54) is 48.6 Å². The maximum atomic E-state index is 11.1. The van der Waals surface area contributed by atoms with Gasteiger partial charge in [0.2, 0.25) is 0 Å². The number of anilines is 1. The number of aromatic hydroxyl groups is 1. The molecule has 4 aliphatic carbocycles. The molecule has 0 spiro atoms. The first-order valence-corrected chi connectivity index (χ1v) is 12.2. The van der Waals surface area contributed by atoms with Crippen molar-refractivity contribution in [2.24, 2.45) is 23.7 Å². The van der Waals surface area contributed by atoms with Gasteiger partial charge < -0.3 is 10.4 Å². The number of hydrogen-bond donors (Lipinski definition) is 2. The maximum Gasteiger partial charge on any atom is 0.124 e. The van der Waals surface area contributed by atoms with Crippen LogP contribution < -0.4 is 5.32 Å². The van der Waals surface area contributed by atoms with Crippen LogP contribution in [0.1, 0.15) is 32.1 Å². The monoisotopic (exact) mass is 419 g/mol. The standard InChI is InChI=1S/C30H29NO/c32-27-12-10-21-6-2-4-8-25(21)29(27)28-24-7-3-1-5-20(24)9-11-26(28)31-30-22-14-18-13-19(16-22)17-23(30)15-18/h1-12,18-19,22-23,30-32H,13-17H2. The average molecular weight is 420 g/mol. The van der Waals surface area contributed by atoms with Gasteiger partial charge in [-0.15, -0.1) is 0 Å². The third-order valence-corrected chi connectivity index (χ3v) is 8.63. The van der Waals surface area contributed by atoms with Gasteiger partial charge in [-0.2, -0.15) is 0 Å². The number of benzene rings is 4. The lowest BCUT2D eigenvalue weighted by Gasteiger charge is -2.54. The van der Waals surface area contributed by atoms with Crippen LogP contribution in [-0.4, -0.2) is 11.1 Å². The normalized spacial score (nSPS) is 28.4. The second-order valence-electron chi connectivity index (χ2n) is 10.5. The van der Waals surface area contributed by atoms with Gasteiger partial charge in [-0.05, 0) is 89.5 Å². The van der Waals surface area contributed by atoms with Crippen LogP contribution in [0.5, 0.6) is 5.75 Å². The van der Waals surface area contributed by atoms with Crippen molar-refractivity contribution >= 4 is 27.2 Å². The molecule has 4 bridgehead atoms. The molecule has 4 aromatic carbocycles. The molecule has 4 saturated carbocycles. The summed E-state index contributed by atoms with van der Waals surface area (Å²) >= 11 is 0.